The molecule has 0 fully saturated rings. The maximum absolute atomic E-state index is 13.0. The van der Waals surface area contributed by atoms with Gasteiger partial charge in [-0.05, 0) is 26.8 Å². The number of anilines is 1. The zero-order chi connectivity index (χ0) is 20.1. The summed E-state index contributed by atoms with van der Waals surface area (Å²) in [6, 6.07) is 1.86. The van der Waals surface area contributed by atoms with Crippen LogP contribution in [0.15, 0.2) is 37.1 Å². The molecule has 0 saturated carbocycles. The van der Waals surface area contributed by atoms with Crippen LogP contribution in [0.5, 0.6) is 0 Å². The van der Waals surface area contributed by atoms with E-state index < -0.39 is 11.6 Å². The zero-order valence-corrected chi connectivity index (χ0v) is 15.5. The molecule has 0 radical (unpaired) electrons. The summed E-state index contributed by atoms with van der Waals surface area (Å²) in [7, 11) is 0. The van der Waals surface area contributed by atoms with Gasteiger partial charge in [0, 0.05) is 42.0 Å². The molecule has 0 spiro atoms. The molecule has 0 saturated heterocycles. The number of imidazole rings is 1. The third-order valence-electron chi connectivity index (χ3n) is 4.73. The normalized spacial score (nSPS) is 12.8. The fourth-order valence-corrected chi connectivity index (χ4v) is 2.75. The molecule has 4 heterocycles. The molecular weight excluding hydrogens is 371 g/mol. The number of aromatic nitrogens is 6. The number of aryl methyl sites for hydroxylation is 1. The van der Waals surface area contributed by atoms with Gasteiger partial charge < -0.3 is 5.32 Å². The highest BCUT2D eigenvalue weighted by Crippen LogP contribution is 2.37. The highest BCUT2D eigenvalue weighted by atomic mass is 19.4. The molecule has 10 heteroatoms. The monoisotopic (exact) mass is 389 g/mol. The fraction of sp³-hybridized carbons (Fsp3) is 0.333. The number of hydrogen-bond acceptors (Lipinski definition) is 5. The van der Waals surface area contributed by atoms with E-state index in [1.54, 1.807) is 29.3 Å². The maximum Gasteiger partial charge on any atom is 0.395 e. The first-order valence-corrected chi connectivity index (χ1v) is 8.61. The second-order valence-electron chi connectivity index (χ2n) is 7.29. The number of alkyl halides is 3. The largest absolute Gasteiger partial charge is 0.395 e. The Morgan fingerprint density at radius 2 is 1.82 bits per heavy atom. The van der Waals surface area contributed by atoms with Crippen molar-refractivity contribution in [3.05, 3.63) is 42.7 Å². The van der Waals surface area contributed by atoms with Crippen molar-refractivity contribution in [1.82, 2.24) is 29.0 Å². The summed E-state index contributed by atoms with van der Waals surface area (Å²) in [4.78, 5) is 12.7. The van der Waals surface area contributed by atoms with Gasteiger partial charge in [0.1, 0.15) is 0 Å². The molecule has 0 bridgehead atoms. The maximum atomic E-state index is 13.0. The van der Waals surface area contributed by atoms with E-state index in [9.17, 15) is 13.2 Å². The summed E-state index contributed by atoms with van der Waals surface area (Å²) in [5.74, 6) is 0.741. The van der Waals surface area contributed by atoms with Crippen LogP contribution in [-0.4, -0.2) is 41.7 Å². The molecule has 28 heavy (non-hydrogen) atoms. The molecular formula is C18H18F3N7. The SMILES string of the molecule is Cc1cnc2ncc(-c3ccn4nc(NCC(C)(C)C(F)(F)F)ncc34)cn12. The van der Waals surface area contributed by atoms with Crippen molar-refractivity contribution >= 4 is 17.2 Å². The van der Waals surface area contributed by atoms with Gasteiger partial charge >= 0.3 is 6.18 Å². The van der Waals surface area contributed by atoms with E-state index in [2.05, 4.69) is 25.4 Å². The lowest BCUT2D eigenvalue weighted by Crippen LogP contribution is -2.38. The van der Waals surface area contributed by atoms with Gasteiger partial charge in [-0.1, -0.05) is 0 Å². The molecule has 0 aliphatic heterocycles. The van der Waals surface area contributed by atoms with E-state index in [1.807, 2.05) is 23.6 Å². The zero-order valence-electron chi connectivity index (χ0n) is 15.5. The Labute approximate surface area is 158 Å². The van der Waals surface area contributed by atoms with Crippen LogP contribution >= 0.6 is 0 Å². The highest BCUT2D eigenvalue weighted by molar-refractivity contribution is 5.79. The van der Waals surface area contributed by atoms with Crippen LogP contribution in [0.25, 0.3) is 22.4 Å². The Morgan fingerprint density at radius 3 is 2.57 bits per heavy atom. The Morgan fingerprint density at radius 1 is 1.07 bits per heavy atom. The minimum absolute atomic E-state index is 0.131. The molecule has 7 nitrogen and oxygen atoms in total. The summed E-state index contributed by atoms with van der Waals surface area (Å²) in [5, 5.41) is 6.94. The van der Waals surface area contributed by atoms with Gasteiger partial charge in [-0.15, -0.1) is 5.10 Å². The number of halogens is 3. The van der Waals surface area contributed by atoms with Crippen LogP contribution in [-0.2, 0) is 0 Å². The van der Waals surface area contributed by atoms with Gasteiger partial charge in [0.25, 0.3) is 0 Å². The standard InChI is InChI=1S/C18H18F3N7/c1-11-6-23-16-24-7-12(9-27(11)16)13-4-5-28-14(13)8-22-15(26-28)25-10-17(2,3)18(19,20)21/h4-9H,10H2,1-3H3,(H,25,26). The first-order valence-electron chi connectivity index (χ1n) is 8.61. The third-order valence-corrected chi connectivity index (χ3v) is 4.73. The van der Waals surface area contributed by atoms with Gasteiger partial charge in [-0.25, -0.2) is 19.5 Å². The molecule has 4 aromatic rings. The van der Waals surface area contributed by atoms with Crippen molar-refractivity contribution in [2.45, 2.75) is 26.9 Å². The number of rotatable bonds is 4. The van der Waals surface area contributed by atoms with Crippen molar-refractivity contribution in [3.8, 4) is 11.1 Å². The smallest absolute Gasteiger partial charge is 0.352 e. The van der Waals surface area contributed by atoms with E-state index >= 15 is 0 Å². The van der Waals surface area contributed by atoms with Gasteiger partial charge in [-0.3, -0.25) is 4.40 Å². The summed E-state index contributed by atoms with van der Waals surface area (Å²) >= 11 is 0. The number of nitrogens with one attached hydrogen (secondary N) is 1. The van der Waals surface area contributed by atoms with Crippen molar-refractivity contribution < 1.29 is 13.2 Å². The minimum Gasteiger partial charge on any atom is -0.352 e. The molecule has 0 aromatic carbocycles. The highest BCUT2D eigenvalue weighted by Gasteiger charge is 2.47. The predicted octanol–water partition coefficient (Wildman–Crippen LogP) is 3.75. The summed E-state index contributed by atoms with van der Waals surface area (Å²) in [5.41, 5.74) is 1.52. The van der Waals surface area contributed by atoms with Crippen LogP contribution in [0.2, 0.25) is 0 Å². The third kappa shape index (κ3) is 3.04. The molecule has 0 atom stereocenters. The Bertz CT molecular complexity index is 1160. The average molecular weight is 389 g/mol. The number of hydrogen-bond donors (Lipinski definition) is 1. The topological polar surface area (TPSA) is 72.4 Å². The van der Waals surface area contributed by atoms with Crippen LogP contribution in [0, 0.1) is 12.3 Å². The van der Waals surface area contributed by atoms with Crippen molar-refractivity contribution in [2.75, 3.05) is 11.9 Å². The Hall–Kier alpha value is -3.17. The van der Waals surface area contributed by atoms with Gasteiger partial charge in [0.2, 0.25) is 11.7 Å². The molecule has 0 unspecified atom stereocenters. The first kappa shape index (κ1) is 18.2. The Kier molecular flexibility index (Phi) is 4.02. The van der Waals surface area contributed by atoms with E-state index in [1.165, 1.54) is 0 Å². The van der Waals surface area contributed by atoms with E-state index in [4.69, 9.17) is 0 Å². The van der Waals surface area contributed by atoms with Gasteiger partial charge in [0.05, 0.1) is 23.3 Å². The second-order valence-corrected chi connectivity index (χ2v) is 7.29. The van der Waals surface area contributed by atoms with Crippen molar-refractivity contribution in [2.24, 2.45) is 5.41 Å². The molecule has 0 aliphatic rings. The van der Waals surface area contributed by atoms with Crippen LogP contribution in [0.1, 0.15) is 19.5 Å². The van der Waals surface area contributed by atoms with Crippen molar-refractivity contribution in [1.29, 1.82) is 0 Å². The lowest BCUT2D eigenvalue weighted by Gasteiger charge is -2.27. The number of nitrogens with zero attached hydrogens (tertiary/aromatic N) is 6. The van der Waals surface area contributed by atoms with E-state index in [0.29, 0.717) is 5.78 Å². The quantitative estimate of drug-likeness (QED) is 0.576. The average Bonchev–Trinajstić information content (AvgIpc) is 3.22. The molecule has 4 aromatic heterocycles. The molecule has 1 N–H and O–H groups in total. The van der Waals surface area contributed by atoms with Crippen LogP contribution in [0.4, 0.5) is 19.1 Å². The van der Waals surface area contributed by atoms with Gasteiger partial charge in [0.15, 0.2) is 0 Å². The second kappa shape index (κ2) is 6.18. The molecule has 0 aliphatic carbocycles. The summed E-state index contributed by atoms with van der Waals surface area (Å²) < 4.78 is 42.5. The lowest BCUT2D eigenvalue weighted by molar-refractivity contribution is -0.206. The lowest BCUT2D eigenvalue weighted by atomic mass is 9.93. The molecule has 4 rings (SSSR count). The predicted molar refractivity (Wildman–Crippen MR) is 98.0 cm³/mol. The minimum atomic E-state index is -4.32. The van der Waals surface area contributed by atoms with Crippen LogP contribution < -0.4 is 5.32 Å². The van der Waals surface area contributed by atoms with Crippen LogP contribution in [0.3, 0.4) is 0 Å². The fourth-order valence-electron chi connectivity index (χ4n) is 2.75. The summed E-state index contributed by atoms with van der Waals surface area (Å²) in [6.07, 6.45) is 4.38. The Balaban J connectivity index is 1.63. The van der Waals surface area contributed by atoms with E-state index in [0.717, 1.165) is 36.2 Å². The van der Waals surface area contributed by atoms with Gasteiger partial charge in [-0.2, -0.15) is 13.2 Å². The summed E-state index contributed by atoms with van der Waals surface area (Å²) in [6.45, 7) is 3.88. The first-order chi connectivity index (χ1) is 13.2. The van der Waals surface area contributed by atoms with Crippen molar-refractivity contribution in [3.63, 3.8) is 0 Å². The van der Waals surface area contributed by atoms with E-state index in [-0.39, 0.29) is 12.5 Å². The molecule has 0 amide bonds. The number of fused-ring (bicyclic) bond motifs is 2. The molecule has 146 valence electrons.